The number of hydrogen-bond donors (Lipinski definition) is 2. The van der Waals surface area contributed by atoms with Gasteiger partial charge < -0.3 is 15.5 Å². The Morgan fingerprint density at radius 3 is 2.41 bits per heavy atom. The lowest BCUT2D eigenvalue weighted by Gasteiger charge is -2.30. The van der Waals surface area contributed by atoms with Crippen molar-refractivity contribution in [2.45, 2.75) is 44.7 Å². The predicted molar refractivity (Wildman–Crippen MR) is 124 cm³/mol. The number of hydrogen-bond acceptors (Lipinski definition) is 4. The smallest absolute Gasteiger partial charge is 0.254 e. The van der Waals surface area contributed by atoms with Gasteiger partial charge in [0.05, 0.1) is 11.1 Å². The van der Waals surface area contributed by atoms with E-state index < -0.39 is 17.5 Å². The molecule has 0 saturated heterocycles. The zero-order valence-electron chi connectivity index (χ0n) is 18.6. The van der Waals surface area contributed by atoms with Crippen LogP contribution in [0.3, 0.4) is 0 Å². The summed E-state index contributed by atoms with van der Waals surface area (Å²) in [6.07, 6.45) is 3.21. The Hall–Kier alpha value is -3.22. The lowest BCUT2D eigenvalue weighted by atomic mass is 9.91. The van der Waals surface area contributed by atoms with Crippen LogP contribution < -0.4 is 15.5 Å². The number of amides is 1. The number of nitrogens with one attached hydrogen (secondary N) is 2. The Labute approximate surface area is 186 Å². The largest absolute Gasteiger partial charge is 0.377 e. The molecule has 1 aliphatic carbocycles. The minimum atomic E-state index is -1.09. The van der Waals surface area contributed by atoms with Crippen LogP contribution in [0.15, 0.2) is 42.5 Å². The van der Waals surface area contributed by atoms with Crippen molar-refractivity contribution in [1.29, 1.82) is 0 Å². The van der Waals surface area contributed by atoms with E-state index in [1.54, 1.807) is 0 Å². The normalized spacial score (nSPS) is 18.4. The maximum atomic E-state index is 14.1. The van der Waals surface area contributed by atoms with Gasteiger partial charge in [-0.15, -0.1) is 0 Å². The highest BCUT2D eigenvalue weighted by Gasteiger charge is 2.25. The standard InChI is InChI=1S/C25H28F2N4O/c1-15-8-13-19(24(27)23(15)26)25(32)29-17-11-9-16(10-12-17)28-22-14-21(31(2)3)18-6-4-5-7-20(18)30-22/h4-8,13-14,16-17H,9-12H2,1-3H3,(H,28,30)(H,29,32). The number of halogens is 2. The summed E-state index contributed by atoms with van der Waals surface area (Å²) in [6.45, 7) is 1.47. The van der Waals surface area contributed by atoms with E-state index in [9.17, 15) is 13.6 Å². The summed E-state index contributed by atoms with van der Waals surface area (Å²) < 4.78 is 27.9. The van der Waals surface area contributed by atoms with Crippen LogP contribution >= 0.6 is 0 Å². The van der Waals surface area contributed by atoms with Gasteiger partial charge in [-0.05, 0) is 50.3 Å². The van der Waals surface area contributed by atoms with Crippen molar-refractivity contribution in [1.82, 2.24) is 10.3 Å². The Bertz CT molecular complexity index is 1140. The monoisotopic (exact) mass is 438 g/mol. The number of aryl methyl sites for hydroxylation is 1. The molecule has 1 aromatic heterocycles. The number of anilines is 2. The molecule has 1 heterocycles. The Morgan fingerprint density at radius 2 is 1.69 bits per heavy atom. The molecule has 1 aliphatic rings. The van der Waals surface area contributed by atoms with Crippen LogP contribution in [0.25, 0.3) is 10.9 Å². The summed E-state index contributed by atoms with van der Waals surface area (Å²) in [5.41, 5.74) is 1.98. The molecule has 0 bridgehead atoms. The van der Waals surface area contributed by atoms with Crippen LogP contribution in [0, 0.1) is 18.6 Å². The number of benzene rings is 2. The van der Waals surface area contributed by atoms with Crippen molar-refractivity contribution in [3.8, 4) is 0 Å². The third-order valence-electron chi connectivity index (χ3n) is 6.11. The second-order valence-electron chi connectivity index (χ2n) is 8.66. The molecule has 168 valence electrons. The van der Waals surface area contributed by atoms with Gasteiger partial charge in [-0.1, -0.05) is 24.3 Å². The van der Waals surface area contributed by atoms with E-state index in [1.807, 2.05) is 32.3 Å². The van der Waals surface area contributed by atoms with Crippen LogP contribution in [0.1, 0.15) is 41.6 Å². The maximum absolute atomic E-state index is 14.1. The number of aromatic nitrogens is 1. The number of rotatable bonds is 5. The molecule has 5 nitrogen and oxygen atoms in total. The molecule has 2 N–H and O–H groups in total. The number of fused-ring (bicyclic) bond motifs is 1. The fourth-order valence-corrected chi connectivity index (χ4v) is 4.28. The van der Waals surface area contributed by atoms with E-state index in [1.165, 1.54) is 19.1 Å². The Morgan fingerprint density at radius 1 is 1.00 bits per heavy atom. The molecule has 0 unspecified atom stereocenters. The summed E-state index contributed by atoms with van der Waals surface area (Å²) in [5.74, 6) is -1.79. The summed E-state index contributed by atoms with van der Waals surface area (Å²) in [5, 5.41) is 7.50. The van der Waals surface area contributed by atoms with E-state index >= 15 is 0 Å². The highest BCUT2D eigenvalue weighted by molar-refractivity contribution is 5.95. The third kappa shape index (κ3) is 4.52. The summed E-state index contributed by atoms with van der Waals surface area (Å²) in [6, 6.07) is 13.1. The highest BCUT2D eigenvalue weighted by atomic mass is 19.2. The van der Waals surface area contributed by atoms with Crippen molar-refractivity contribution < 1.29 is 13.6 Å². The second kappa shape index (κ2) is 9.10. The van der Waals surface area contributed by atoms with Crippen LogP contribution in [-0.4, -0.2) is 37.1 Å². The van der Waals surface area contributed by atoms with Gasteiger partial charge in [0.1, 0.15) is 5.82 Å². The molecular weight excluding hydrogens is 410 g/mol. The summed E-state index contributed by atoms with van der Waals surface area (Å²) in [7, 11) is 4.03. The van der Waals surface area contributed by atoms with Crippen LogP contribution in [0.2, 0.25) is 0 Å². The molecule has 1 fully saturated rings. The first-order valence-corrected chi connectivity index (χ1v) is 10.9. The van der Waals surface area contributed by atoms with E-state index in [0.29, 0.717) is 0 Å². The fourth-order valence-electron chi connectivity index (χ4n) is 4.28. The number of carbonyl (C=O) groups is 1. The molecule has 3 aromatic rings. The average molecular weight is 439 g/mol. The first-order chi connectivity index (χ1) is 15.3. The number of nitrogens with zero attached hydrogens (tertiary/aromatic N) is 2. The molecule has 4 rings (SSSR count). The topological polar surface area (TPSA) is 57.3 Å². The van der Waals surface area contributed by atoms with Gasteiger partial charge >= 0.3 is 0 Å². The molecule has 7 heteroatoms. The lowest BCUT2D eigenvalue weighted by Crippen LogP contribution is -2.40. The quantitative estimate of drug-likeness (QED) is 0.586. The first kappa shape index (κ1) is 22.0. The first-order valence-electron chi connectivity index (χ1n) is 10.9. The van der Waals surface area contributed by atoms with Crippen molar-refractivity contribution in [3.05, 3.63) is 65.2 Å². The average Bonchev–Trinajstić information content (AvgIpc) is 2.78. The molecule has 2 aromatic carbocycles. The molecule has 32 heavy (non-hydrogen) atoms. The van der Waals surface area contributed by atoms with Crippen molar-refractivity contribution in [2.24, 2.45) is 0 Å². The SMILES string of the molecule is Cc1ccc(C(=O)NC2CCC(Nc3cc(N(C)C)c4ccccc4n3)CC2)c(F)c1F. The predicted octanol–water partition coefficient (Wildman–Crippen LogP) is 5.04. The van der Waals surface area contributed by atoms with Crippen LogP contribution in [0.5, 0.6) is 0 Å². The molecule has 0 aliphatic heterocycles. The minimum Gasteiger partial charge on any atom is -0.377 e. The molecular formula is C25H28F2N4O. The van der Waals surface area contributed by atoms with E-state index in [2.05, 4.69) is 27.7 Å². The van der Waals surface area contributed by atoms with Crippen molar-refractivity contribution in [3.63, 3.8) is 0 Å². The fraction of sp³-hybridized carbons (Fsp3) is 0.360. The van der Waals surface area contributed by atoms with Gasteiger partial charge in [-0.3, -0.25) is 4.79 Å². The second-order valence-corrected chi connectivity index (χ2v) is 8.66. The molecule has 1 amide bonds. The minimum absolute atomic E-state index is 0.0637. The molecule has 1 saturated carbocycles. The summed E-state index contributed by atoms with van der Waals surface area (Å²) in [4.78, 5) is 19.3. The molecule has 0 atom stereocenters. The molecule has 0 radical (unpaired) electrons. The highest BCUT2D eigenvalue weighted by Crippen LogP contribution is 2.29. The Kier molecular flexibility index (Phi) is 6.26. The van der Waals surface area contributed by atoms with Crippen LogP contribution in [-0.2, 0) is 0 Å². The maximum Gasteiger partial charge on any atom is 0.254 e. The van der Waals surface area contributed by atoms with E-state index in [0.717, 1.165) is 48.1 Å². The van der Waals surface area contributed by atoms with Crippen LogP contribution in [0.4, 0.5) is 20.3 Å². The van der Waals surface area contributed by atoms with E-state index in [-0.39, 0.29) is 23.2 Å². The van der Waals surface area contributed by atoms with Gasteiger partial charge in [0.2, 0.25) is 0 Å². The molecule has 0 spiro atoms. The van der Waals surface area contributed by atoms with Gasteiger partial charge in [0.15, 0.2) is 11.6 Å². The third-order valence-corrected chi connectivity index (χ3v) is 6.11. The van der Waals surface area contributed by atoms with Crippen molar-refractivity contribution in [2.75, 3.05) is 24.3 Å². The lowest BCUT2D eigenvalue weighted by molar-refractivity contribution is 0.0921. The van der Waals surface area contributed by atoms with Gasteiger partial charge in [-0.2, -0.15) is 0 Å². The Balaban J connectivity index is 1.38. The number of para-hydroxylation sites is 1. The van der Waals surface area contributed by atoms with Gasteiger partial charge in [0, 0.05) is 43.3 Å². The van der Waals surface area contributed by atoms with Crippen molar-refractivity contribution >= 4 is 28.3 Å². The van der Waals surface area contributed by atoms with Gasteiger partial charge in [-0.25, -0.2) is 13.8 Å². The summed E-state index contributed by atoms with van der Waals surface area (Å²) >= 11 is 0. The zero-order chi connectivity index (χ0) is 22.8. The van der Waals surface area contributed by atoms with Gasteiger partial charge in [0.25, 0.3) is 5.91 Å². The van der Waals surface area contributed by atoms with E-state index in [4.69, 9.17) is 4.98 Å². The number of carbonyl (C=O) groups excluding carboxylic acids is 1. The zero-order valence-corrected chi connectivity index (χ0v) is 18.6. The number of pyridine rings is 1.